The molecular formula is C50H76N16O11S. The van der Waals surface area contributed by atoms with Gasteiger partial charge in [-0.3, -0.25) is 53.7 Å². The fourth-order valence-electron chi connectivity index (χ4n) is 8.56. The molecule has 0 radical (unpaired) electrons. The Morgan fingerprint density at radius 1 is 0.705 bits per heavy atom. The van der Waals surface area contributed by atoms with Gasteiger partial charge in [0.05, 0.1) is 5.75 Å². The van der Waals surface area contributed by atoms with Gasteiger partial charge in [0.2, 0.25) is 47.3 Å². The van der Waals surface area contributed by atoms with Crippen LogP contribution in [0, 0.1) is 0 Å². The van der Waals surface area contributed by atoms with Crippen molar-refractivity contribution in [1.29, 1.82) is 0 Å². The van der Waals surface area contributed by atoms with E-state index in [1.54, 1.807) is 42.6 Å². The number of aliphatic hydroxyl groups excluding tert-OH is 1. The van der Waals surface area contributed by atoms with Gasteiger partial charge in [-0.25, -0.2) is 8.42 Å². The van der Waals surface area contributed by atoms with Gasteiger partial charge in [-0.15, -0.1) is 0 Å². The van der Waals surface area contributed by atoms with Crippen LogP contribution in [-0.4, -0.2) is 158 Å². The molecule has 0 bridgehead atoms. The van der Waals surface area contributed by atoms with Crippen LogP contribution in [0.1, 0.15) is 82.3 Å². The van der Waals surface area contributed by atoms with Crippen LogP contribution >= 0.6 is 0 Å². The maximum atomic E-state index is 14.7. The molecule has 1 saturated heterocycles. The number of sulfone groups is 1. The van der Waals surface area contributed by atoms with Gasteiger partial charge in [0.25, 0.3) is 0 Å². The number of aliphatic hydroxyl groups is 1. The lowest BCUT2D eigenvalue weighted by Crippen LogP contribution is -2.60. The van der Waals surface area contributed by atoms with Crippen molar-refractivity contribution < 1.29 is 51.9 Å². The number of hydrogen-bond donors (Lipinski definition) is 15. The molecule has 27 nitrogen and oxygen atoms in total. The van der Waals surface area contributed by atoms with Gasteiger partial charge in [0.1, 0.15) is 58.4 Å². The average molecular weight is 1110 g/mol. The number of fused-ring (bicyclic) bond motifs is 1. The van der Waals surface area contributed by atoms with Gasteiger partial charge in [-0.2, -0.15) is 0 Å². The third-order valence-electron chi connectivity index (χ3n) is 12.6. The Morgan fingerprint density at radius 3 is 1.92 bits per heavy atom. The smallest absolute Gasteiger partial charge is 0.243 e. The summed E-state index contributed by atoms with van der Waals surface area (Å²) in [6, 6.07) is 5.93. The molecule has 78 heavy (non-hydrogen) atoms. The summed E-state index contributed by atoms with van der Waals surface area (Å²) in [6.45, 7) is 1.43. The number of para-hydroxylation sites is 1. The molecule has 1 aliphatic heterocycles. The van der Waals surface area contributed by atoms with E-state index >= 15 is 0 Å². The number of hydrogen-bond acceptors (Lipinski definition) is 14. The van der Waals surface area contributed by atoms with E-state index in [4.69, 9.17) is 28.7 Å². The van der Waals surface area contributed by atoms with E-state index in [2.05, 4.69) is 57.5 Å². The van der Waals surface area contributed by atoms with Crippen LogP contribution in [0.25, 0.3) is 10.9 Å². The van der Waals surface area contributed by atoms with Crippen LogP contribution in [0.2, 0.25) is 0 Å². The van der Waals surface area contributed by atoms with Crippen molar-refractivity contribution in [3.05, 3.63) is 71.9 Å². The van der Waals surface area contributed by atoms with E-state index in [1.807, 2.05) is 18.2 Å². The third-order valence-corrected chi connectivity index (χ3v) is 13.6. The van der Waals surface area contributed by atoms with Gasteiger partial charge >= 0.3 is 0 Å². The number of aromatic amines is 1. The number of nitrogens with zero attached hydrogens (tertiary/aromatic N) is 2. The van der Waals surface area contributed by atoms with Crippen LogP contribution < -0.4 is 71.2 Å². The van der Waals surface area contributed by atoms with Gasteiger partial charge < -0.3 is 76.0 Å². The maximum absolute atomic E-state index is 14.7. The predicted octanol–water partition coefficient (Wildman–Crippen LogP) is -3.73. The number of amides is 8. The quantitative estimate of drug-likeness (QED) is 0.0312. The number of carbonyl (C=O) groups excluding carboxylic acids is 8. The van der Waals surface area contributed by atoms with E-state index in [0.29, 0.717) is 11.1 Å². The summed E-state index contributed by atoms with van der Waals surface area (Å²) in [4.78, 5) is 122. The first-order valence-electron chi connectivity index (χ1n) is 25.7. The van der Waals surface area contributed by atoms with Crippen LogP contribution in [0.4, 0.5) is 0 Å². The number of carbonyl (C=O) groups is 8. The number of rotatable bonds is 19. The second-order valence-corrected chi connectivity index (χ2v) is 21.4. The summed E-state index contributed by atoms with van der Waals surface area (Å²) in [6.07, 6.45) is 1.05. The Bertz CT molecular complexity index is 2700. The van der Waals surface area contributed by atoms with Gasteiger partial charge in [-0.1, -0.05) is 48.5 Å². The zero-order chi connectivity index (χ0) is 57.4. The Hall–Kier alpha value is -7.85. The number of H-pyrrole nitrogens is 1. The monoisotopic (exact) mass is 1110 g/mol. The maximum Gasteiger partial charge on any atom is 0.243 e. The summed E-state index contributed by atoms with van der Waals surface area (Å²) in [5.41, 5.74) is 29.7. The Labute approximate surface area is 452 Å². The molecule has 2 aromatic carbocycles. The first kappa shape index (κ1) is 62.7. The van der Waals surface area contributed by atoms with Crippen LogP contribution in [-0.2, 0) is 61.0 Å². The van der Waals surface area contributed by atoms with Crippen LogP contribution in [0.15, 0.2) is 70.8 Å². The molecule has 4 rings (SSSR count). The lowest BCUT2D eigenvalue weighted by atomic mass is 10.0. The second-order valence-electron chi connectivity index (χ2n) is 19.1. The van der Waals surface area contributed by atoms with Crippen LogP contribution in [0.3, 0.4) is 0 Å². The molecule has 428 valence electrons. The molecule has 0 saturated carbocycles. The number of aliphatic imine (C=N–C) groups is 2. The zero-order valence-electron chi connectivity index (χ0n) is 43.9. The van der Waals surface area contributed by atoms with Crippen LogP contribution in [0.5, 0.6) is 0 Å². The minimum atomic E-state index is -3.79. The highest BCUT2D eigenvalue weighted by molar-refractivity contribution is 7.90. The fourth-order valence-corrected chi connectivity index (χ4v) is 9.22. The summed E-state index contributed by atoms with van der Waals surface area (Å²) < 4.78 is 25.2. The van der Waals surface area contributed by atoms with Crippen molar-refractivity contribution in [2.45, 2.75) is 132 Å². The molecule has 1 fully saturated rings. The van der Waals surface area contributed by atoms with E-state index in [-0.39, 0.29) is 102 Å². The van der Waals surface area contributed by atoms with Crippen molar-refractivity contribution in [2.24, 2.45) is 38.7 Å². The Balaban J connectivity index is 1.79. The summed E-state index contributed by atoms with van der Waals surface area (Å²) in [5.74, 6) is -7.74. The van der Waals surface area contributed by atoms with Gasteiger partial charge in [-0.05, 0) is 87.9 Å². The zero-order valence-corrected chi connectivity index (χ0v) is 44.7. The van der Waals surface area contributed by atoms with Crippen molar-refractivity contribution in [3.63, 3.8) is 0 Å². The van der Waals surface area contributed by atoms with E-state index in [1.165, 1.54) is 6.92 Å². The molecule has 0 aliphatic carbocycles. The molecular weight excluding hydrogens is 1030 g/mol. The van der Waals surface area contributed by atoms with Crippen molar-refractivity contribution in [2.75, 3.05) is 31.6 Å². The van der Waals surface area contributed by atoms with E-state index < -0.39 is 118 Å². The molecule has 8 amide bonds. The predicted molar refractivity (Wildman–Crippen MR) is 292 cm³/mol. The number of benzene rings is 2. The lowest BCUT2D eigenvalue weighted by molar-refractivity contribution is -0.135. The average Bonchev–Trinajstić information content (AvgIpc) is 3.78. The SMILES string of the molecule is CC(=O)N[C@@H](CCCN=C(N)N)C(=O)N[C@H]1CCCC(O)NCCC[C@@H](C(N)=O)NC(=O)[C@H](Cc2c[nH]c3ccccc23)NC(=O)[C@H](CCCN=C(N)N)NC(=O)[C@@H](Cc2ccccc2)NC(=O)[C@H](CCS(C)(=O)=O)NC1=O. The molecule has 1 aliphatic rings. The minimum Gasteiger partial charge on any atom is -0.379 e. The van der Waals surface area contributed by atoms with Crippen molar-refractivity contribution in [1.82, 2.24) is 47.5 Å². The largest absolute Gasteiger partial charge is 0.379 e. The van der Waals surface area contributed by atoms with Crippen molar-refractivity contribution >= 4 is 79.9 Å². The molecule has 1 unspecified atom stereocenters. The molecule has 28 heteroatoms. The van der Waals surface area contributed by atoms with Crippen molar-refractivity contribution in [3.8, 4) is 0 Å². The van der Waals surface area contributed by atoms with E-state index in [9.17, 15) is 51.9 Å². The number of primary amides is 1. The van der Waals surface area contributed by atoms with Gasteiger partial charge in [0.15, 0.2) is 11.9 Å². The third kappa shape index (κ3) is 22.4. The summed E-state index contributed by atoms with van der Waals surface area (Å²) >= 11 is 0. The molecule has 3 aromatic rings. The number of aromatic nitrogens is 1. The number of nitrogens with two attached hydrogens (primary N) is 5. The highest BCUT2D eigenvalue weighted by Gasteiger charge is 2.35. The van der Waals surface area contributed by atoms with E-state index in [0.717, 1.165) is 17.2 Å². The Morgan fingerprint density at radius 2 is 1.28 bits per heavy atom. The standard InChI is InChI=1S/C50H76N16O11S/c1-29(67)60-35(18-10-23-57-49(52)53)43(70)62-36-16-8-20-41(68)56-22-9-17-34(42(51)69)61-48(75)40(27-31-28-59-33-15-7-6-14-32(31)33)66-45(72)37(19-11-24-58-50(54)55)63-47(74)39(26-30-12-4-3-5-13-30)65-46(73)38(64-44(36)71)21-25-78(2,76)77/h3-7,12-15,28,34-41,56,59,68H,8-11,16-27H2,1-2H3,(H2,51,69)(H,60,67)(H,61,75)(H,62,70)(H,63,74)(H,64,71)(H,65,73)(H,66,72)(H4,52,53,57)(H4,54,55,58)/t34-,35-,36-,37-,38-,39+,40-,41?/m0/s1. The summed E-state index contributed by atoms with van der Waals surface area (Å²) in [7, 11) is -3.79. The lowest BCUT2D eigenvalue weighted by Gasteiger charge is -2.28. The van der Waals surface area contributed by atoms with Gasteiger partial charge in [0, 0.05) is 56.2 Å². The molecule has 8 atom stereocenters. The molecule has 20 N–H and O–H groups in total. The summed E-state index contributed by atoms with van der Waals surface area (Å²) in [5, 5.41) is 33.1. The topological polar surface area (TPSA) is 458 Å². The highest BCUT2D eigenvalue weighted by atomic mass is 32.2. The molecule has 2 heterocycles. The Kier molecular flexibility index (Phi) is 25.2. The molecule has 1 aromatic heterocycles. The minimum absolute atomic E-state index is 0.00203. The fraction of sp³-hybridized carbons (Fsp3) is 0.520. The number of nitrogens with one attached hydrogen (secondary N) is 9. The normalized spacial score (nSPS) is 22.1. The first-order valence-corrected chi connectivity index (χ1v) is 27.7. The highest BCUT2D eigenvalue weighted by Crippen LogP contribution is 2.20. The molecule has 0 spiro atoms. The number of guanidine groups is 2. The first-order chi connectivity index (χ1) is 37.0. The second kappa shape index (κ2) is 31.4.